The van der Waals surface area contributed by atoms with Crippen LogP contribution in [-0.4, -0.2) is 108 Å². The minimum Gasteiger partial charge on any atom is -0.469 e. The minimum absolute atomic E-state index is 0.0429. The maximum Gasteiger partial charge on any atom is 0.313 e. The van der Waals surface area contributed by atoms with Gasteiger partial charge in [0.15, 0.2) is 39.1 Å². The molecule has 0 aliphatic carbocycles. The Morgan fingerprint density at radius 2 is 1.18 bits per heavy atom. The van der Waals surface area contributed by atoms with Crippen LogP contribution in [0.3, 0.4) is 0 Å². The fourth-order valence-electron chi connectivity index (χ4n) is 8.62. The van der Waals surface area contributed by atoms with E-state index in [4.69, 9.17) is 36.7 Å². The van der Waals surface area contributed by atoms with Crippen molar-refractivity contribution in [3.05, 3.63) is 48.6 Å². The second-order valence-corrected chi connectivity index (χ2v) is 46.6. The number of fused-ring (bicyclic) bond motifs is 2. The summed E-state index contributed by atoms with van der Waals surface area (Å²) < 4.78 is 55.0. The SMILES string of the molecule is CCCC1C/C=C/C=C/C=C/C=C/[C@H](O[Si](C)(C)C(C)(C)C)C[C@@H]2O[C@](OC)(C[C@@H](O[Si](C)(C)C(C)(C)C)CCCC(=O)CC(O[Si](C)(C)C(C)(C)C)[C@H](CC)C(=O)O1)C[C@H](O[Si](C)(C)C(C)(C)C)[C@H]2C(=O)OC. The molecule has 11 nitrogen and oxygen atoms in total. The highest BCUT2D eigenvalue weighted by Crippen LogP contribution is 2.48. The van der Waals surface area contributed by atoms with Crippen molar-refractivity contribution in [3.8, 4) is 0 Å². The zero-order valence-corrected chi connectivity index (χ0v) is 55.5. The molecule has 9 atom stereocenters. The highest BCUT2D eigenvalue weighted by Gasteiger charge is 2.56. The standard InChI is InChI=1S/C59H110O11Si4/c1-25-35-45-37-32-30-28-27-29-31-33-38-46(67-71(17,18)55(3,4)5)41-50-52(54(62)63-15)51(70-74(23,24)58(12,13)14)43-59(64-16,66-50)42-47(68-72(19,20)56(6,7)8)39-34-36-44(60)40-49(48(26-2)53(61)65-45)69-73(21,22)57(9,10)11/h27-33,38,45-52H,25-26,34-37,39-43H2,1-24H3/b28-27+,31-29+,32-30+,38-33+/t45?,46-,47-,48-,49?,50-,51-,52-,59+/m0/s1. The van der Waals surface area contributed by atoms with Crippen LogP contribution in [0.5, 0.6) is 0 Å². The van der Waals surface area contributed by atoms with Crippen LogP contribution in [0.4, 0.5) is 0 Å². The van der Waals surface area contributed by atoms with Gasteiger partial charge >= 0.3 is 11.9 Å². The summed E-state index contributed by atoms with van der Waals surface area (Å²) in [6, 6.07) is 0. The summed E-state index contributed by atoms with van der Waals surface area (Å²) >= 11 is 0. The van der Waals surface area contributed by atoms with Gasteiger partial charge in [-0.2, -0.15) is 0 Å². The van der Waals surface area contributed by atoms with Crippen molar-refractivity contribution >= 4 is 51.0 Å². The van der Waals surface area contributed by atoms with E-state index in [-0.39, 0.29) is 69.3 Å². The van der Waals surface area contributed by atoms with E-state index in [9.17, 15) is 14.4 Å². The number of rotatable bonds is 13. The molecule has 0 radical (unpaired) electrons. The number of ether oxygens (including phenoxy) is 4. The molecule has 15 heteroatoms. The number of Topliss-reactive ketones (excluding diaryl/α,β-unsaturated/α-hetero) is 1. The predicted octanol–water partition coefficient (Wildman–Crippen LogP) is 15.7. The molecular weight excluding hydrogens is 997 g/mol. The third kappa shape index (κ3) is 20.1. The molecular formula is C59H110O11Si4. The lowest BCUT2D eigenvalue weighted by molar-refractivity contribution is -0.308. The van der Waals surface area contributed by atoms with Gasteiger partial charge in [0.05, 0.1) is 43.5 Å². The van der Waals surface area contributed by atoms with E-state index >= 15 is 0 Å². The van der Waals surface area contributed by atoms with Crippen LogP contribution in [-0.2, 0) is 51.0 Å². The molecule has 2 heterocycles. The molecule has 2 aliphatic heterocycles. The van der Waals surface area contributed by atoms with E-state index < -0.39 is 75.3 Å². The van der Waals surface area contributed by atoms with Crippen molar-refractivity contribution in [2.24, 2.45) is 11.8 Å². The van der Waals surface area contributed by atoms with E-state index in [0.29, 0.717) is 38.5 Å². The molecule has 0 saturated carbocycles. The van der Waals surface area contributed by atoms with Gasteiger partial charge < -0.3 is 36.7 Å². The van der Waals surface area contributed by atoms with Gasteiger partial charge in [0.2, 0.25) is 0 Å². The van der Waals surface area contributed by atoms with Gasteiger partial charge in [-0.25, -0.2) is 0 Å². The van der Waals surface area contributed by atoms with Crippen molar-refractivity contribution in [3.63, 3.8) is 0 Å². The van der Waals surface area contributed by atoms with Crippen LogP contribution >= 0.6 is 0 Å². The smallest absolute Gasteiger partial charge is 0.313 e. The lowest BCUT2D eigenvalue weighted by Gasteiger charge is -2.52. The van der Waals surface area contributed by atoms with Crippen molar-refractivity contribution < 1.29 is 51.0 Å². The summed E-state index contributed by atoms with van der Waals surface area (Å²) in [7, 11) is -6.64. The second kappa shape index (κ2) is 27.9. The van der Waals surface area contributed by atoms with Gasteiger partial charge in [-0.15, -0.1) is 0 Å². The van der Waals surface area contributed by atoms with E-state index in [1.807, 2.05) is 49.5 Å². The molecule has 1 fully saturated rings. The Kier molecular flexibility index (Phi) is 25.7. The summed E-state index contributed by atoms with van der Waals surface area (Å²) in [6.07, 6.45) is 18.1. The number of methoxy groups -OCH3 is 2. The number of ketones is 1. The van der Waals surface area contributed by atoms with Crippen molar-refractivity contribution in [1.29, 1.82) is 0 Å². The maximum absolute atomic E-state index is 14.5. The fraction of sp³-hybridized carbons (Fsp3) is 0.814. The Morgan fingerprint density at radius 1 is 0.676 bits per heavy atom. The minimum atomic E-state index is -2.52. The van der Waals surface area contributed by atoms with Crippen molar-refractivity contribution in [2.45, 2.75) is 283 Å². The molecule has 0 aromatic heterocycles. The summed E-state index contributed by atoms with van der Waals surface area (Å²) in [5.74, 6) is -3.25. The van der Waals surface area contributed by atoms with Gasteiger partial charge in [-0.05, 0) is 98.2 Å². The van der Waals surface area contributed by atoms with E-state index in [1.54, 1.807) is 7.11 Å². The Hall–Kier alpha value is -1.80. The number of hydrogen-bond acceptors (Lipinski definition) is 11. The number of hydrogen-bond donors (Lipinski definition) is 0. The Balaban J connectivity index is 2.98. The van der Waals surface area contributed by atoms with Gasteiger partial charge in [-0.1, -0.05) is 152 Å². The van der Waals surface area contributed by atoms with Crippen LogP contribution in [0.1, 0.15) is 168 Å². The Labute approximate surface area is 457 Å². The number of allylic oxidation sites excluding steroid dienone is 6. The first kappa shape index (κ1) is 68.3. The number of cyclic esters (lactones) is 1. The third-order valence-electron chi connectivity index (χ3n) is 17.5. The lowest BCUT2D eigenvalue weighted by atomic mass is 9.82. The molecule has 2 aliphatic rings. The van der Waals surface area contributed by atoms with Gasteiger partial charge in [0, 0.05) is 45.6 Å². The molecule has 2 unspecified atom stereocenters. The Morgan fingerprint density at radius 3 is 1.68 bits per heavy atom. The zero-order valence-electron chi connectivity index (χ0n) is 51.5. The first-order valence-corrected chi connectivity index (χ1v) is 39.8. The summed E-state index contributed by atoms with van der Waals surface area (Å²) in [5, 5.41) is -0.511. The predicted molar refractivity (Wildman–Crippen MR) is 315 cm³/mol. The molecule has 1 saturated heterocycles. The third-order valence-corrected chi connectivity index (χ3v) is 35.5. The summed E-state index contributed by atoms with van der Waals surface area (Å²) in [6.45, 7) is 48.4. The monoisotopic (exact) mass is 1110 g/mol. The first-order chi connectivity index (χ1) is 33.7. The van der Waals surface area contributed by atoms with Crippen LogP contribution < -0.4 is 0 Å². The van der Waals surface area contributed by atoms with Gasteiger partial charge in [0.1, 0.15) is 17.8 Å². The Bertz CT molecular complexity index is 1900. The largest absolute Gasteiger partial charge is 0.469 e. The van der Waals surface area contributed by atoms with Crippen LogP contribution in [0.2, 0.25) is 72.5 Å². The highest BCUT2D eigenvalue weighted by molar-refractivity contribution is 6.75. The molecule has 74 heavy (non-hydrogen) atoms. The molecule has 0 amide bonds. The summed E-state index contributed by atoms with van der Waals surface area (Å²) in [4.78, 5) is 43.1. The van der Waals surface area contributed by atoms with Crippen LogP contribution in [0.15, 0.2) is 48.6 Å². The highest BCUT2D eigenvalue weighted by atomic mass is 28.4. The molecule has 2 bridgehead atoms. The van der Waals surface area contributed by atoms with E-state index in [1.165, 1.54) is 7.11 Å². The van der Waals surface area contributed by atoms with Gasteiger partial charge in [0.25, 0.3) is 0 Å². The van der Waals surface area contributed by atoms with Crippen molar-refractivity contribution in [1.82, 2.24) is 0 Å². The maximum atomic E-state index is 14.5. The number of esters is 2. The average Bonchev–Trinajstić information content (AvgIpc) is 3.23. The zero-order chi connectivity index (χ0) is 56.9. The number of carbonyl (C=O) groups excluding carboxylic acids is 3. The normalized spacial score (nSPS) is 29.7. The molecule has 0 aromatic carbocycles. The molecule has 0 N–H and O–H groups in total. The average molecular weight is 1110 g/mol. The molecule has 428 valence electrons. The van der Waals surface area contributed by atoms with Crippen LogP contribution in [0, 0.1) is 11.8 Å². The van der Waals surface area contributed by atoms with Gasteiger partial charge in [-0.3, -0.25) is 14.4 Å². The fourth-order valence-corrected chi connectivity index (χ4v) is 14.0. The molecule has 0 aromatic rings. The topological polar surface area (TPSA) is 125 Å². The molecule has 0 spiro atoms. The quantitative estimate of drug-likeness (QED) is 0.129. The van der Waals surface area contributed by atoms with E-state index in [0.717, 1.165) is 12.8 Å². The van der Waals surface area contributed by atoms with Crippen molar-refractivity contribution in [2.75, 3.05) is 14.2 Å². The second-order valence-electron chi connectivity index (χ2n) is 27.5. The van der Waals surface area contributed by atoms with Crippen LogP contribution in [0.25, 0.3) is 0 Å². The summed E-state index contributed by atoms with van der Waals surface area (Å²) in [5.41, 5.74) is 0. The lowest BCUT2D eigenvalue weighted by Crippen LogP contribution is -2.60. The first-order valence-electron chi connectivity index (χ1n) is 28.1. The molecule has 2 rings (SSSR count). The van der Waals surface area contributed by atoms with E-state index in [2.05, 4.69) is 148 Å². The number of carbonyl (C=O) groups is 3.